The van der Waals surface area contributed by atoms with Gasteiger partial charge in [-0.05, 0) is 30.7 Å². The molecule has 3 aromatic heterocycles. The molecule has 0 aliphatic carbocycles. The van der Waals surface area contributed by atoms with E-state index in [0.29, 0.717) is 67.8 Å². The lowest BCUT2D eigenvalue weighted by Gasteiger charge is -2.32. The van der Waals surface area contributed by atoms with Gasteiger partial charge in [-0.3, -0.25) is 4.98 Å². The zero-order valence-corrected chi connectivity index (χ0v) is 22.3. The van der Waals surface area contributed by atoms with Crippen LogP contribution in [0.4, 0.5) is 31.7 Å². The van der Waals surface area contributed by atoms with E-state index in [9.17, 15) is 4.39 Å². The molecule has 206 valence electrons. The van der Waals surface area contributed by atoms with Gasteiger partial charge in [0.1, 0.15) is 11.6 Å². The number of fused-ring (bicyclic) bond motifs is 1. The molecule has 4 aromatic rings. The van der Waals surface area contributed by atoms with Crippen LogP contribution in [-0.2, 0) is 9.47 Å². The van der Waals surface area contributed by atoms with Crippen LogP contribution in [0.2, 0.25) is 0 Å². The minimum atomic E-state index is -0.698. The van der Waals surface area contributed by atoms with Gasteiger partial charge in [-0.2, -0.15) is 0 Å². The second kappa shape index (κ2) is 11.1. The van der Waals surface area contributed by atoms with E-state index >= 15 is 4.39 Å². The summed E-state index contributed by atoms with van der Waals surface area (Å²) in [5, 5.41) is 3.71. The molecule has 2 fully saturated rings. The Bertz CT molecular complexity index is 1570. The zero-order valence-electron chi connectivity index (χ0n) is 22.3. The van der Waals surface area contributed by atoms with Gasteiger partial charge in [0.2, 0.25) is 0 Å². The summed E-state index contributed by atoms with van der Waals surface area (Å²) in [5.41, 5.74) is 4.97. The Morgan fingerprint density at radius 3 is 2.40 bits per heavy atom. The van der Waals surface area contributed by atoms with Crippen LogP contribution in [0, 0.1) is 18.6 Å². The van der Waals surface area contributed by atoms with Gasteiger partial charge in [0.25, 0.3) is 0 Å². The summed E-state index contributed by atoms with van der Waals surface area (Å²) in [6.07, 6.45) is 5.26. The Kier molecular flexibility index (Phi) is 7.27. The summed E-state index contributed by atoms with van der Waals surface area (Å²) in [5.74, 6) is -0.658. The number of rotatable bonds is 6. The molecule has 1 N–H and O–H groups in total. The Balaban J connectivity index is 1.53. The lowest BCUT2D eigenvalue weighted by Crippen LogP contribution is -2.38. The van der Waals surface area contributed by atoms with Crippen LogP contribution in [0.25, 0.3) is 28.4 Å². The predicted octanol–water partition coefficient (Wildman–Crippen LogP) is 5.34. The molecule has 10 heteroatoms. The highest BCUT2D eigenvalue weighted by atomic mass is 19.1. The first-order valence-electron chi connectivity index (χ1n) is 13.3. The zero-order chi connectivity index (χ0) is 27.6. The van der Waals surface area contributed by atoms with Crippen molar-refractivity contribution in [2.24, 2.45) is 0 Å². The van der Waals surface area contributed by atoms with Crippen molar-refractivity contribution < 1.29 is 18.3 Å². The maximum atomic E-state index is 15.5. The fourth-order valence-electron chi connectivity index (χ4n) is 5.21. The van der Waals surface area contributed by atoms with E-state index in [1.165, 1.54) is 6.07 Å². The number of nitrogens with zero attached hydrogens (tertiary/aromatic N) is 5. The molecule has 0 amide bonds. The first-order valence-corrected chi connectivity index (χ1v) is 13.3. The van der Waals surface area contributed by atoms with Crippen molar-refractivity contribution in [2.45, 2.75) is 6.92 Å². The molecule has 0 spiro atoms. The molecule has 1 aromatic carbocycles. The molecule has 0 saturated carbocycles. The topological polar surface area (TPSA) is 75.6 Å². The second-order valence-electron chi connectivity index (χ2n) is 9.81. The predicted molar refractivity (Wildman–Crippen MR) is 153 cm³/mol. The van der Waals surface area contributed by atoms with Crippen LogP contribution >= 0.6 is 0 Å². The number of halogens is 2. The summed E-state index contributed by atoms with van der Waals surface area (Å²) in [4.78, 5) is 18.4. The van der Waals surface area contributed by atoms with Crippen LogP contribution in [0.3, 0.4) is 0 Å². The standard InChI is InChI=1S/C30H30F2N6O2/c1-3-20-4-5-33-25(14-20)28-19(2)29(27-23(32)15-21(31)16-24(27)35-28)36-26-17-22(37-6-10-39-11-7-37)18-34-30(26)38-8-12-40-13-9-38/h3-5,14-18H,1,6-13H2,2H3,(H,35,36). The van der Waals surface area contributed by atoms with Crippen molar-refractivity contribution in [1.82, 2.24) is 15.0 Å². The number of ether oxygens (including phenoxy) is 2. The van der Waals surface area contributed by atoms with Crippen molar-refractivity contribution >= 4 is 39.9 Å². The summed E-state index contributed by atoms with van der Waals surface area (Å²) in [7, 11) is 0. The molecular weight excluding hydrogens is 514 g/mol. The molecular formula is C30H30F2N6O2. The average molecular weight is 545 g/mol. The number of aromatic nitrogens is 3. The van der Waals surface area contributed by atoms with Crippen LogP contribution in [0.5, 0.6) is 0 Å². The Morgan fingerprint density at radius 2 is 1.68 bits per heavy atom. The second-order valence-corrected chi connectivity index (χ2v) is 9.81. The minimum Gasteiger partial charge on any atom is -0.378 e. The maximum Gasteiger partial charge on any atom is 0.152 e. The van der Waals surface area contributed by atoms with E-state index in [1.54, 1.807) is 12.3 Å². The fourth-order valence-corrected chi connectivity index (χ4v) is 5.21. The third-order valence-electron chi connectivity index (χ3n) is 7.31. The molecule has 0 unspecified atom stereocenters. The van der Waals surface area contributed by atoms with Gasteiger partial charge in [0.05, 0.1) is 72.0 Å². The van der Waals surface area contributed by atoms with Crippen molar-refractivity contribution in [3.05, 3.63) is 72.1 Å². The molecule has 8 nitrogen and oxygen atoms in total. The largest absolute Gasteiger partial charge is 0.378 e. The normalized spacial score (nSPS) is 15.9. The molecule has 2 aliphatic heterocycles. The SMILES string of the molecule is C=Cc1ccnc(-c2nc3cc(F)cc(F)c3c(Nc3cc(N4CCOCC4)cnc3N3CCOCC3)c2C)c1. The van der Waals surface area contributed by atoms with Crippen molar-refractivity contribution in [2.75, 3.05) is 67.7 Å². The van der Waals surface area contributed by atoms with Gasteiger partial charge in [0.15, 0.2) is 5.82 Å². The Morgan fingerprint density at radius 1 is 0.950 bits per heavy atom. The lowest BCUT2D eigenvalue weighted by atomic mass is 10.0. The smallest absolute Gasteiger partial charge is 0.152 e. The van der Waals surface area contributed by atoms with Gasteiger partial charge >= 0.3 is 0 Å². The first kappa shape index (κ1) is 26.1. The highest BCUT2D eigenvalue weighted by Gasteiger charge is 2.23. The van der Waals surface area contributed by atoms with Crippen LogP contribution < -0.4 is 15.1 Å². The van der Waals surface area contributed by atoms with Crippen LogP contribution in [0.15, 0.2) is 49.3 Å². The first-order chi connectivity index (χ1) is 19.5. The van der Waals surface area contributed by atoms with Gasteiger partial charge in [-0.15, -0.1) is 0 Å². The number of hydrogen-bond donors (Lipinski definition) is 1. The highest BCUT2D eigenvalue weighted by molar-refractivity contribution is 5.99. The van der Waals surface area contributed by atoms with Gasteiger partial charge < -0.3 is 24.6 Å². The van der Waals surface area contributed by atoms with E-state index in [-0.39, 0.29) is 10.9 Å². The molecule has 0 radical (unpaired) electrons. The molecule has 2 aliphatic rings. The monoisotopic (exact) mass is 544 g/mol. The number of morpholine rings is 2. The molecule has 0 atom stereocenters. The van der Waals surface area contributed by atoms with Crippen LogP contribution in [0.1, 0.15) is 11.1 Å². The molecule has 2 saturated heterocycles. The summed E-state index contributed by atoms with van der Waals surface area (Å²) in [6, 6.07) is 7.86. The third-order valence-corrected chi connectivity index (χ3v) is 7.31. The van der Waals surface area contributed by atoms with E-state index in [0.717, 1.165) is 36.2 Å². The number of nitrogens with one attached hydrogen (secondary N) is 1. The van der Waals surface area contributed by atoms with Crippen LogP contribution in [-0.4, -0.2) is 67.6 Å². The van der Waals surface area contributed by atoms with Gasteiger partial charge in [-0.25, -0.2) is 18.7 Å². The van der Waals surface area contributed by atoms with Gasteiger partial charge in [0, 0.05) is 50.1 Å². The quantitative estimate of drug-likeness (QED) is 0.349. The Labute approximate surface area is 231 Å². The van der Waals surface area contributed by atoms with E-state index < -0.39 is 11.6 Å². The summed E-state index contributed by atoms with van der Waals surface area (Å²) >= 11 is 0. The van der Waals surface area contributed by atoms with Crippen molar-refractivity contribution in [3.8, 4) is 11.4 Å². The number of pyridine rings is 3. The van der Waals surface area contributed by atoms with Gasteiger partial charge in [-0.1, -0.05) is 12.7 Å². The third kappa shape index (κ3) is 5.07. The summed E-state index contributed by atoms with van der Waals surface area (Å²) < 4.78 is 41.0. The maximum absolute atomic E-state index is 15.5. The van der Waals surface area contributed by atoms with Crippen molar-refractivity contribution in [1.29, 1.82) is 0 Å². The molecule has 40 heavy (non-hydrogen) atoms. The molecule has 6 rings (SSSR count). The van der Waals surface area contributed by atoms with E-state index in [2.05, 4.69) is 31.7 Å². The number of hydrogen-bond acceptors (Lipinski definition) is 8. The van der Waals surface area contributed by atoms with E-state index in [1.807, 2.05) is 31.3 Å². The molecule has 5 heterocycles. The number of benzene rings is 1. The average Bonchev–Trinajstić information content (AvgIpc) is 2.99. The Hall–Kier alpha value is -4.15. The van der Waals surface area contributed by atoms with E-state index in [4.69, 9.17) is 14.5 Å². The van der Waals surface area contributed by atoms with Crippen molar-refractivity contribution in [3.63, 3.8) is 0 Å². The highest BCUT2D eigenvalue weighted by Crippen LogP contribution is 2.39. The lowest BCUT2D eigenvalue weighted by molar-refractivity contribution is 0.122. The fraction of sp³-hybridized carbons (Fsp3) is 0.300. The molecule has 0 bridgehead atoms. The minimum absolute atomic E-state index is 0.191. The summed E-state index contributed by atoms with van der Waals surface area (Å²) in [6.45, 7) is 11.0. The number of anilines is 4.